The van der Waals surface area contributed by atoms with Gasteiger partial charge in [0.25, 0.3) is 0 Å². The number of hydrogen-bond acceptors (Lipinski definition) is 5. The molecule has 0 spiro atoms. The van der Waals surface area contributed by atoms with E-state index in [-0.39, 0.29) is 25.2 Å². The monoisotopic (exact) mass is 278 g/mol. The average Bonchev–Trinajstić information content (AvgIpc) is 3.08. The second kappa shape index (κ2) is 6.91. The Balaban J connectivity index is 1.76. The van der Waals surface area contributed by atoms with Gasteiger partial charge in [0.1, 0.15) is 12.3 Å². The molecule has 0 unspecified atom stereocenters. The van der Waals surface area contributed by atoms with Gasteiger partial charge in [0, 0.05) is 12.1 Å². The summed E-state index contributed by atoms with van der Waals surface area (Å²) in [6.45, 7) is 4.19. The number of rotatable bonds is 7. The molecule has 2 aromatic heterocycles. The van der Waals surface area contributed by atoms with Gasteiger partial charge in [-0.1, -0.05) is 12.1 Å². The quantitative estimate of drug-likeness (QED) is 0.841. The van der Waals surface area contributed by atoms with Crippen molar-refractivity contribution in [1.82, 2.24) is 10.5 Å². The number of amides is 1. The number of carbonyl (C=O) groups excluding carboxylic acids is 1. The van der Waals surface area contributed by atoms with Crippen molar-refractivity contribution in [2.75, 3.05) is 6.61 Å². The van der Waals surface area contributed by atoms with Crippen LogP contribution in [0, 0.1) is 0 Å². The summed E-state index contributed by atoms with van der Waals surface area (Å²) >= 11 is 0. The van der Waals surface area contributed by atoms with Crippen LogP contribution in [-0.2, 0) is 16.1 Å². The van der Waals surface area contributed by atoms with Gasteiger partial charge in [-0.05, 0) is 25.5 Å². The molecule has 0 aliphatic heterocycles. The third-order valence-electron chi connectivity index (χ3n) is 2.83. The van der Waals surface area contributed by atoms with Crippen molar-refractivity contribution >= 4 is 5.91 Å². The summed E-state index contributed by atoms with van der Waals surface area (Å²) in [6, 6.07) is 5.44. The molecular weight excluding hydrogens is 260 g/mol. The van der Waals surface area contributed by atoms with Gasteiger partial charge < -0.3 is 19.0 Å². The molecular formula is C14H18N2O4. The predicted molar refractivity (Wildman–Crippen MR) is 71.8 cm³/mol. The van der Waals surface area contributed by atoms with Crippen LogP contribution in [0.1, 0.15) is 26.0 Å². The van der Waals surface area contributed by atoms with Gasteiger partial charge in [0.05, 0.1) is 12.9 Å². The fourth-order valence-corrected chi connectivity index (χ4v) is 1.58. The van der Waals surface area contributed by atoms with Gasteiger partial charge in [-0.2, -0.15) is 0 Å². The Morgan fingerprint density at radius 3 is 3.05 bits per heavy atom. The first kappa shape index (κ1) is 14.3. The zero-order chi connectivity index (χ0) is 14.4. The van der Waals surface area contributed by atoms with Gasteiger partial charge in [0.15, 0.2) is 5.76 Å². The minimum Gasteiger partial charge on any atom is -0.461 e. The summed E-state index contributed by atoms with van der Waals surface area (Å²) < 4.78 is 15.6. The minimum atomic E-state index is -0.130. The summed E-state index contributed by atoms with van der Waals surface area (Å²) in [5.41, 5.74) is 0.618. The highest BCUT2D eigenvalue weighted by Gasteiger charge is 2.10. The van der Waals surface area contributed by atoms with E-state index in [0.717, 1.165) is 6.42 Å². The predicted octanol–water partition coefficient (Wildman–Crippen LogP) is 2.37. The molecule has 6 nitrogen and oxygen atoms in total. The van der Waals surface area contributed by atoms with Crippen LogP contribution in [0.5, 0.6) is 0 Å². The lowest BCUT2D eigenvalue weighted by Crippen LogP contribution is -2.34. The maximum atomic E-state index is 11.5. The minimum absolute atomic E-state index is 0.00723. The Morgan fingerprint density at radius 2 is 2.35 bits per heavy atom. The van der Waals surface area contributed by atoms with Crippen molar-refractivity contribution in [2.45, 2.75) is 32.9 Å². The summed E-state index contributed by atoms with van der Waals surface area (Å²) in [5, 5.41) is 6.68. The zero-order valence-electron chi connectivity index (χ0n) is 11.6. The molecule has 1 atom stereocenters. The second-order valence-electron chi connectivity index (χ2n) is 4.53. The summed E-state index contributed by atoms with van der Waals surface area (Å²) in [5.74, 6) is 1.02. The first-order valence-electron chi connectivity index (χ1n) is 6.55. The highest BCUT2D eigenvalue weighted by atomic mass is 16.5. The van der Waals surface area contributed by atoms with E-state index in [9.17, 15) is 4.79 Å². The summed E-state index contributed by atoms with van der Waals surface area (Å²) in [6.07, 6.45) is 2.45. The molecule has 0 aliphatic rings. The van der Waals surface area contributed by atoms with Gasteiger partial charge in [-0.15, -0.1) is 0 Å². The lowest BCUT2D eigenvalue weighted by atomic mass is 10.2. The van der Waals surface area contributed by atoms with Crippen LogP contribution >= 0.6 is 0 Å². The Morgan fingerprint density at radius 1 is 1.50 bits per heavy atom. The molecule has 0 saturated carbocycles. The van der Waals surface area contributed by atoms with Crippen LogP contribution in [0.3, 0.4) is 0 Å². The standard InChI is InChI=1S/C14H18N2O4/c1-3-10(2)15-14(17)9-18-8-11-7-13(20-16-11)12-5-4-6-19-12/h4-7,10H,3,8-9H2,1-2H3,(H,15,17)/t10-/m1/s1. The maximum Gasteiger partial charge on any atom is 0.246 e. The lowest BCUT2D eigenvalue weighted by Gasteiger charge is -2.10. The normalized spacial score (nSPS) is 12.3. The molecule has 0 fully saturated rings. The van der Waals surface area contributed by atoms with E-state index in [0.29, 0.717) is 17.2 Å². The van der Waals surface area contributed by atoms with Crippen molar-refractivity contribution in [3.8, 4) is 11.5 Å². The fraction of sp³-hybridized carbons (Fsp3) is 0.429. The van der Waals surface area contributed by atoms with E-state index >= 15 is 0 Å². The smallest absolute Gasteiger partial charge is 0.246 e. The number of hydrogen-bond donors (Lipinski definition) is 1. The van der Waals surface area contributed by atoms with Crippen molar-refractivity contribution in [3.63, 3.8) is 0 Å². The third kappa shape index (κ3) is 3.96. The average molecular weight is 278 g/mol. The van der Waals surface area contributed by atoms with Gasteiger partial charge in [0.2, 0.25) is 11.7 Å². The molecule has 2 aromatic rings. The van der Waals surface area contributed by atoms with E-state index in [1.54, 1.807) is 24.5 Å². The van der Waals surface area contributed by atoms with E-state index in [4.69, 9.17) is 13.7 Å². The van der Waals surface area contributed by atoms with Crippen molar-refractivity contribution in [2.24, 2.45) is 0 Å². The molecule has 0 bridgehead atoms. The van der Waals surface area contributed by atoms with Crippen LogP contribution in [0.4, 0.5) is 0 Å². The summed E-state index contributed by atoms with van der Waals surface area (Å²) in [7, 11) is 0. The molecule has 1 amide bonds. The molecule has 0 aromatic carbocycles. The lowest BCUT2D eigenvalue weighted by molar-refractivity contribution is -0.126. The fourth-order valence-electron chi connectivity index (χ4n) is 1.58. The maximum absolute atomic E-state index is 11.5. The number of carbonyl (C=O) groups is 1. The highest BCUT2D eigenvalue weighted by Crippen LogP contribution is 2.20. The Bertz CT molecular complexity index is 533. The molecule has 6 heteroatoms. The van der Waals surface area contributed by atoms with Crippen molar-refractivity contribution < 1.29 is 18.5 Å². The van der Waals surface area contributed by atoms with E-state index in [1.165, 1.54) is 0 Å². The van der Waals surface area contributed by atoms with Crippen LogP contribution in [0.15, 0.2) is 33.4 Å². The van der Waals surface area contributed by atoms with Crippen LogP contribution in [0.25, 0.3) is 11.5 Å². The number of ether oxygens (including phenoxy) is 1. The third-order valence-corrected chi connectivity index (χ3v) is 2.83. The number of nitrogens with one attached hydrogen (secondary N) is 1. The molecule has 108 valence electrons. The molecule has 20 heavy (non-hydrogen) atoms. The Labute approximate surface area is 117 Å². The van der Waals surface area contributed by atoms with Crippen LogP contribution < -0.4 is 5.32 Å². The molecule has 0 aliphatic carbocycles. The van der Waals surface area contributed by atoms with Crippen LogP contribution in [-0.4, -0.2) is 23.7 Å². The largest absolute Gasteiger partial charge is 0.461 e. The van der Waals surface area contributed by atoms with Crippen LogP contribution in [0.2, 0.25) is 0 Å². The summed E-state index contributed by atoms with van der Waals surface area (Å²) in [4.78, 5) is 11.5. The van der Waals surface area contributed by atoms with Gasteiger partial charge in [-0.25, -0.2) is 0 Å². The molecule has 2 rings (SSSR count). The first-order chi connectivity index (χ1) is 9.69. The number of aromatic nitrogens is 1. The number of nitrogens with zero attached hydrogens (tertiary/aromatic N) is 1. The Kier molecular flexibility index (Phi) is 4.95. The molecule has 1 N–H and O–H groups in total. The second-order valence-corrected chi connectivity index (χ2v) is 4.53. The SMILES string of the molecule is CC[C@@H](C)NC(=O)COCc1cc(-c2ccco2)on1. The van der Waals surface area contributed by atoms with E-state index in [1.807, 2.05) is 13.8 Å². The van der Waals surface area contributed by atoms with E-state index in [2.05, 4.69) is 10.5 Å². The highest BCUT2D eigenvalue weighted by molar-refractivity contribution is 5.77. The molecule has 2 heterocycles. The van der Waals surface area contributed by atoms with Crippen molar-refractivity contribution in [1.29, 1.82) is 0 Å². The van der Waals surface area contributed by atoms with Crippen molar-refractivity contribution in [3.05, 3.63) is 30.2 Å². The van der Waals surface area contributed by atoms with E-state index < -0.39 is 0 Å². The van der Waals surface area contributed by atoms with Gasteiger partial charge >= 0.3 is 0 Å². The Hall–Kier alpha value is -2.08. The zero-order valence-corrected chi connectivity index (χ0v) is 11.6. The number of furan rings is 1. The molecule has 0 radical (unpaired) electrons. The van der Waals surface area contributed by atoms with Gasteiger partial charge in [-0.3, -0.25) is 4.79 Å². The topological polar surface area (TPSA) is 77.5 Å². The molecule has 0 saturated heterocycles. The first-order valence-corrected chi connectivity index (χ1v) is 6.55.